The number of imidazole rings is 1. The number of hydrogen-bond acceptors (Lipinski definition) is 3. The van der Waals surface area contributed by atoms with Crippen LogP contribution in [0, 0.1) is 17.5 Å². The summed E-state index contributed by atoms with van der Waals surface area (Å²) in [5, 5.41) is 0. The lowest BCUT2D eigenvalue weighted by Gasteiger charge is -2.01. The predicted molar refractivity (Wildman–Crippen MR) is 62.6 cm³/mol. The number of rotatable bonds is 1. The van der Waals surface area contributed by atoms with Crippen LogP contribution in [0.1, 0.15) is 0 Å². The molecule has 0 atom stereocenters. The molecule has 0 fully saturated rings. The highest BCUT2D eigenvalue weighted by atomic mass is 19.1. The molecular formula is C11H5F3N4O2. The third kappa shape index (κ3) is 1.79. The van der Waals surface area contributed by atoms with Crippen LogP contribution >= 0.6 is 0 Å². The maximum atomic E-state index is 13.6. The quantitative estimate of drug-likeness (QED) is 0.622. The lowest BCUT2D eigenvalue weighted by atomic mass is 10.2. The van der Waals surface area contributed by atoms with E-state index in [-0.39, 0.29) is 17.0 Å². The van der Waals surface area contributed by atoms with Crippen molar-refractivity contribution in [2.75, 3.05) is 0 Å². The fraction of sp³-hybridized carbons (Fsp3) is 0. The summed E-state index contributed by atoms with van der Waals surface area (Å²) < 4.78 is 40.0. The van der Waals surface area contributed by atoms with E-state index in [0.29, 0.717) is 12.1 Å². The third-order valence-electron chi connectivity index (χ3n) is 2.63. The number of benzene rings is 1. The smallest absolute Gasteiger partial charge is 0.327 e. The Morgan fingerprint density at radius 3 is 2.25 bits per heavy atom. The Balaban J connectivity index is 2.34. The van der Waals surface area contributed by atoms with Gasteiger partial charge >= 0.3 is 5.69 Å². The van der Waals surface area contributed by atoms with Gasteiger partial charge in [0.1, 0.15) is 28.8 Å². The Hall–Kier alpha value is -2.84. The average Bonchev–Trinajstić information content (AvgIpc) is 2.71. The highest BCUT2D eigenvalue weighted by molar-refractivity contribution is 5.74. The highest BCUT2D eigenvalue weighted by Crippen LogP contribution is 2.25. The van der Waals surface area contributed by atoms with Crippen LogP contribution in [0.25, 0.3) is 22.6 Å². The molecule has 3 N–H and O–H groups in total. The summed E-state index contributed by atoms with van der Waals surface area (Å²) in [6.07, 6.45) is 0. The molecule has 20 heavy (non-hydrogen) atoms. The molecule has 0 saturated heterocycles. The SMILES string of the molecule is O=c1[nH]c(=O)c2[nH]c(-c3c(F)cc(F)cc3F)nc2[nH]1. The zero-order valence-corrected chi connectivity index (χ0v) is 9.55. The molecule has 0 aliphatic heterocycles. The number of H-pyrrole nitrogens is 3. The van der Waals surface area contributed by atoms with Crippen molar-refractivity contribution >= 4 is 11.2 Å². The first-order chi connectivity index (χ1) is 9.45. The van der Waals surface area contributed by atoms with Gasteiger partial charge in [-0.1, -0.05) is 0 Å². The third-order valence-corrected chi connectivity index (χ3v) is 2.63. The molecule has 2 aromatic heterocycles. The second kappa shape index (κ2) is 4.08. The van der Waals surface area contributed by atoms with E-state index < -0.39 is 34.3 Å². The fourth-order valence-corrected chi connectivity index (χ4v) is 1.82. The first-order valence-electron chi connectivity index (χ1n) is 5.33. The summed E-state index contributed by atoms with van der Waals surface area (Å²) in [5.41, 5.74) is -2.52. The van der Waals surface area contributed by atoms with Crippen LogP contribution < -0.4 is 11.2 Å². The van der Waals surface area contributed by atoms with Crippen molar-refractivity contribution in [1.82, 2.24) is 19.9 Å². The molecule has 1 aromatic carbocycles. The molecular weight excluding hydrogens is 277 g/mol. The molecule has 3 aromatic rings. The molecule has 0 saturated carbocycles. The van der Waals surface area contributed by atoms with Crippen LogP contribution in [0.5, 0.6) is 0 Å². The van der Waals surface area contributed by atoms with Gasteiger partial charge in [0.2, 0.25) is 0 Å². The van der Waals surface area contributed by atoms with Crippen LogP contribution in [0.2, 0.25) is 0 Å². The first-order valence-corrected chi connectivity index (χ1v) is 5.33. The Labute approximate surface area is 107 Å². The number of halogens is 3. The monoisotopic (exact) mass is 282 g/mol. The normalized spacial score (nSPS) is 11.2. The molecule has 0 radical (unpaired) electrons. The molecule has 0 aliphatic carbocycles. The fourth-order valence-electron chi connectivity index (χ4n) is 1.82. The van der Waals surface area contributed by atoms with E-state index in [1.807, 2.05) is 4.98 Å². The lowest BCUT2D eigenvalue weighted by molar-refractivity contribution is 0.547. The Morgan fingerprint density at radius 1 is 0.950 bits per heavy atom. The van der Waals surface area contributed by atoms with E-state index in [1.54, 1.807) is 0 Å². The average molecular weight is 282 g/mol. The molecule has 0 spiro atoms. The maximum Gasteiger partial charge on any atom is 0.327 e. The van der Waals surface area contributed by atoms with Crippen molar-refractivity contribution in [3.8, 4) is 11.4 Å². The van der Waals surface area contributed by atoms with Gasteiger partial charge in [0.05, 0.1) is 5.56 Å². The van der Waals surface area contributed by atoms with Gasteiger partial charge in [0.15, 0.2) is 5.65 Å². The standard InChI is InChI=1S/C11H5F3N4O2/c12-3-1-4(13)6(5(14)2-3)8-15-7-9(16-8)17-11(20)18-10(7)19/h1-2H,(H3,15,16,17,18,19,20). The minimum absolute atomic E-state index is 0.150. The minimum Gasteiger partial charge on any atom is -0.332 e. The molecule has 102 valence electrons. The zero-order valence-electron chi connectivity index (χ0n) is 9.55. The number of nitrogens with one attached hydrogen (secondary N) is 3. The van der Waals surface area contributed by atoms with Gasteiger partial charge in [-0.3, -0.25) is 14.8 Å². The van der Waals surface area contributed by atoms with Crippen molar-refractivity contribution in [1.29, 1.82) is 0 Å². The van der Waals surface area contributed by atoms with Crippen LogP contribution in [0.3, 0.4) is 0 Å². The molecule has 0 unspecified atom stereocenters. The van der Waals surface area contributed by atoms with Crippen molar-refractivity contribution < 1.29 is 13.2 Å². The molecule has 2 heterocycles. The summed E-state index contributed by atoms with van der Waals surface area (Å²) in [6, 6.07) is 0.969. The summed E-state index contributed by atoms with van der Waals surface area (Å²) in [4.78, 5) is 32.8. The molecule has 0 bridgehead atoms. The molecule has 6 nitrogen and oxygen atoms in total. The van der Waals surface area contributed by atoms with E-state index in [1.165, 1.54) is 0 Å². The Kier molecular flexibility index (Phi) is 2.49. The van der Waals surface area contributed by atoms with Gasteiger partial charge in [0.25, 0.3) is 5.56 Å². The van der Waals surface area contributed by atoms with Gasteiger partial charge in [-0.25, -0.2) is 22.9 Å². The summed E-state index contributed by atoms with van der Waals surface area (Å²) >= 11 is 0. The van der Waals surface area contributed by atoms with Crippen molar-refractivity contribution in [2.24, 2.45) is 0 Å². The topological polar surface area (TPSA) is 94.4 Å². The van der Waals surface area contributed by atoms with Gasteiger partial charge in [-0.2, -0.15) is 0 Å². The summed E-state index contributed by atoms with van der Waals surface area (Å²) in [5.74, 6) is -3.77. The minimum atomic E-state index is -1.18. The predicted octanol–water partition coefficient (Wildman–Crippen LogP) is 1.02. The van der Waals surface area contributed by atoms with E-state index >= 15 is 0 Å². The van der Waals surface area contributed by atoms with Gasteiger partial charge < -0.3 is 4.98 Å². The zero-order chi connectivity index (χ0) is 14.4. The summed E-state index contributed by atoms with van der Waals surface area (Å²) in [7, 11) is 0. The second-order valence-corrected chi connectivity index (χ2v) is 3.96. The summed E-state index contributed by atoms with van der Waals surface area (Å²) in [6.45, 7) is 0. The van der Waals surface area contributed by atoms with E-state index in [0.717, 1.165) is 0 Å². The number of nitrogens with zero attached hydrogens (tertiary/aromatic N) is 1. The molecule has 0 aliphatic rings. The maximum absolute atomic E-state index is 13.6. The van der Waals surface area contributed by atoms with Crippen LogP contribution in [-0.2, 0) is 0 Å². The first kappa shape index (κ1) is 12.2. The number of hydrogen-bond donors (Lipinski definition) is 3. The Morgan fingerprint density at radius 2 is 1.60 bits per heavy atom. The van der Waals surface area contributed by atoms with Gasteiger partial charge in [-0.05, 0) is 0 Å². The van der Waals surface area contributed by atoms with Crippen LogP contribution in [0.15, 0.2) is 21.7 Å². The molecule has 3 rings (SSSR count). The van der Waals surface area contributed by atoms with E-state index in [4.69, 9.17) is 0 Å². The van der Waals surface area contributed by atoms with Crippen molar-refractivity contribution in [2.45, 2.75) is 0 Å². The lowest BCUT2D eigenvalue weighted by Crippen LogP contribution is -2.21. The van der Waals surface area contributed by atoms with Gasteiger partial charge in [0, 0.05) is 12.1 Å². The molecule has 0 amide bonds. The Bertz CT molecular complexity index is 918. The largest absolute Gasteiger partial charge is 0.332 e. The van der Waals surface area contributed by atoms with Crippen molar-refractivity contribution in [3.05, 3.63) is 50.4 Å². The van der Waals surface area contributed by atoms with E-state index in [2.05, 4.69) is 15.0 Å². The number of aromatic amines is 3. The second-order valence-electron chi connectivity index (χ2n) is 3.96. The number of fused-ring (bicyclic) bond motifs is 1. The number of aromatic nitrogens is 4. The van der Waals surface area contributed by atoms with Crippen LogP contribution in [0.4, 0.5) is 13.2 Å². The van der Waals surface area contributed by atoms with E-state index in [9.17, 15) is 22.8 Å². The van der Waals surface area contributed by atoms with Crippen molar-refractivity contribution in [3.63, 3.8) is 0 Å². The highest BCUT2D eigenvalue weighted by Gasteiger charge is 2.18. The van der Waals surface area contributed by atoms with Crippen LogP contribution in [-0.4, -0.2) is 19.9 Å². The van der Waals surface area contributed by atoms with Gasteiger partial charge in [-0.15, -0.1) is 0 Å². The molecule has 9 heteroatoms.